The number of nitrogens with one attached hydrogen (secondary N) is 3. The molecule has 0 aliphatic carbocycles. The second-order valence-corrected chi connectivity index (χ2v) is 7.60. The van der Waals surface area contributed by atoms with Crippen LogP contribution in [0.3, 0.4) is 0 Å². The van der Waals surface area contributed by atoms with Gasteiger partial charge in [-0.05, 0) is 47.2 Å². The normalized spacial score (nSPS) is 25.9. The highest BCUT2D eigenvalue weighted by Crippen LogP contribution is 2.44. The van der Waals surface area contributed by atoms with Crippen molar-refractivity contribution in [2.24, 2.45) is 4.99 Å². The maximum Gasteiger partial charge on any atom is 0.287 e. The first-order valence-electron chi connectivity index (χ1n) is 8.54. The van der Waals surface area contributed by atoms with E-state index >= 15 is 0 Å². The van der Waals surface area contributed by atoms with Crippen LogP contribution in [-0.4, -0.2) is 17.7 Å². The zero-order valence-electron chi connectivity index (χ0n) is 14.1. The summed E-state index contributed by atoms with van der Waals surface area (Å²) < 4.78 is 19.3. The lowest BCUT2D eigenvalue weighted by atomic mass is 9.97. The molecule has 0 radical (unpaired) electrons. The van der Waals surface area contributed by atoms with E-state index in [0.29, 0.717) is 11.4 Å². The Bertz CT molecular complexity index is 993. The van der Waals surface area contributed by atoms with E-state index in [0.717, 1.165) is 21.3 Å². The number of nitrogens with zero attached hydrogens (tertiary/aromatic N) is 1. The zero-order chi connectivity index (χ0) is 18.4. The van der Waals surface area contributed by atoms with Crippen molar-refractivity contribution in [1.29, 1.82) is 0 Å². The number of carbonyl (C=O) groups is 1. The SMILES string of the molecule is O=C1COc2ccc(C3SC4=NC=C[NH+]4NC3c3cccc(F)c3)cc2N1. The lowest BCUT2D eigenvalue weighted by Gasteiger charge is -2.34. The Kier molecular flexibility index (Phi) is 3.96. The molecular formula is C19H16FN4O2S+. The van der Waals surface area contributed by atoms with Gasteiger partial charge in [-0.2, -0.15) is 10.0 Å². The van der Waals surface area contributed by atoms with Crippen LogP contribution < -0.4 is 20.5 Å². The van der Waals surface area contributed by atoms with E-state index < -0.39 is 0 Å². The predicted molar refractivity (Wildman–Crippen MR) is 101 cm³/mol. The minimum Gasteiger partial charge on any atom is -0.482 e. The summed E-state index contributed by atoms with van der Waals surface area (Å²) in [5.41, 5.74) is 6.00. The Labute approximate surface area is 159 Å². The third-order valence-electron chi connectivity index (χ3n) is 4.69. The van der Waals surface area contributed by atoms with E-state index in [4.69, 9.17) is 4.74 Å². The van der Waals surface area contributed by atoms with Gasteiger partial charge in [0.1, 0.15) is 17.8 Å². The highest BCUT2D eigenvalue weighted by Gasteiger charge is 2.40. The van der Waals surface area contributed by atoms with Gasteiger partial charge < -0.3 is 10.1 Å². The monoisotopic (exact) mass is 383 g/mol. The Hall–Kier alpha value is -2.68. The van der Waals surface area contributed by atoms with E-state index in [1.807, 2.05) is 30.5 Å². The number of halogens is 1. The number of amides is 1. The Balaban J connectivity index is 1.55. The number of anilines is 1. The molecule has 6 nitrogen and oxygen atoms in total. The molecule has 8 heteroatoms. The van der Waals surface area contributed by atoms with Crippen LogP contribution in [0.15, 0.2) is 59.9 Å². The molecule has 0 saturated carbocycles. The predicted octanol–water partition coefficient (Wildman–Crippen LogP) is 1.92. The lowest BCUT2D eigenvalue weighted by molar-refractivity contribution is -0.800. The number of rotatable bonds is 2. The van der Waals surface area contributed by atoms with Crippen molar-refractivity contribution in [3.8, 4) is 5.75 Å². The first kappa shape index (κ1) is 16.5. The minimum absolute atomic E-state index is 0.0266. The van der Waals surface area contributed by atoms with Crippen molar-refractivity contribution in [3.05, 3.63) is 71.8 Å². The molecule has 0 aromatic heterocycles. The molecule has 3 aliphatic rings. The molecule has 1 saturated heterocycles. The van der Waals surface area contributed by atoms with Gasteiger partial charge in [-0.3, -0.25) is 4.79 Å². The fourth-order valence-corrected chi connectivity index (χ4v) is 4.71. The van der Waals surface area contributed by atoms with Crippen molar-refractivity contribution < 1.29 is 18.9 Å². The minimum atomic E-state index is -0.268. The smallest absolute Gasteiger partial charge is 0.287 e. The molecule has 1 amide bonds. The molecule has 1 fully saturated rings. The second-order valence-electron chi connectivity index (χ2n) is 6.47. The van der Waals surface area contributed by atoms with Crippen molar-refractivity contribution >= 4 is 28.5 Å². The number of ether oxygens (including phenoxy) is 1. The number of fused-ring (bicyclic) bond motifs is 2. The first-order valence-corrected chi connectivity index (χ1v) is 9.42. The van der Waals surface area contributed by atoms with Crippen LogP contribution in [0.5, 0.6) is 5.75 Å². The van der Waals surface area contributed by atoms with Crippen molar-refractivity contribution in [1.82, 2.24) is 5.43 Å². The number of hydrogen-bond donors (Lipinski definition) is 3. The van der Waals surface area contributed by atoms with Crippen LogP contribution in [0.4, 0.5) is 10.1 Å². The van der Waals surface area contributed by atoms with Crippen LogP contribution in [0.1, 0.15) is 22.4 Å². The molecule has 27 heavy (non-hydrogen) atoms. The second kappa shape index (κ2) is 6.49. The molecule has 136 valence electrons. The molecule has 3 unspecified atom stereocenters. The Morgan fingerprint density at radius 1 is 1.22 bits per heavy atom. The van der Waals surface area contributed by atoms with E-state index in [-0.39, 0.29) is 29.6 Å². The zero-order valence-corrected chi connectivity index (χ0v) is 14.9. The Morgan fingerprint density at radius 2 is 2.15 bits per heavy atom. The maximum atomic E-state index is 13.8. The van der Waals surface area contributed by atoms with Crippen LogP contribution in [-0.2, 0) is 4.79 Å². The van der Waals surface area contributed by atoms with E-state index in [9.17, 15) is 9.18 Å². The summed E-state index contributed by atoms with van der Waals surface area (Å²) in [4.78, 5) is 16.1. The summed E-state index contributed by atoms with van der Waals surface area (Å²) in [6.07, 6.45) is 3.68. The fraction of sp³-hybridized carbons (Fsp3) is 0.158. The van der Waals surface area contributed by atoms with Crippen molar-refractivity contribution in [3.63, 3.8) is 0 Å². The lowest BCUT2D eigenvalue weighted by Crippen LogP contribution is -3.16. The van der Waals surface area contributed by atoms with Gasteiger partial charge in [0.05, 0.1) is 23.2 Å². The fourth-order valence-electron chi connectivity index (χ4n) is 3.45. The summed E-state index contributed by atoms with van der Waals surface area (Å²) in [5, 5.41) is 4.66. The average molecular weight is 383 g/mol. The van der Waals surface area contributed by atoms with E-state index in [2.05, 4.69) is 15.7 Å². The molecule has 3 heterocycles. The summed E-state index contributed by atoms with van der Waals surface area (Å²) in [6, 6.07) is 12.3. The first-order chi connectivity index (χ1) is 13.2. The number of hydrogen-bond acceptors (Lipinski definition) is 5. The summed E-state index contributed by atoms with van der Waals surface area (Å²) in [5.74, 6) is 0.216. The standard InChI is InChI=1S/C19H15FN4O2S/c20-13-3-1-2-11(8-13)17-18(27-19-21-6-7-24(19)23-17)12-4-5-15-14(9-12)22-16(25)10-26-15/h1-9,17-18,23H,10H2,(H,22,25)/p+1. The van der Waals surface area contributed by atoms with Crippen molar-refractivity contribution in [2.75, 3.05) is 11.9 Å². The van der Waals surface area contributed by atoms with Gasteiger partial charge in [0.25, 0.3) is 11.1 Å². The highest BCUT2D eigenvalue weighted by atomic mass is 32.2. The van der Waals surface area contributed by atoms with Gasteiger partial charge >= 0.3 is 0 Å². The summed E-state index contributed by atoms with van der Waals surface area (Å²) in [6.45, 7) is 0.0266. The highest BCUT2D eigenvalue weighted by molar-refractivity contribution is 8.13. The molecule has 5 rings (SSSR count). The van der Waals surface area contributed by atoms with E-state index in [1.54, 1.807) is 30.1 Å². The van der Waals surface area contributed by atoms with E-state index in [1.165, 1.54) is 6.07 Å². The molecule has 0 bridgehead atoms. The Morgan fingerprint density at radius 3 is 3.04 bits per heavy atom. The average Bonchev–Trinajstić information content (AvgIpc) is 3.14. The molecule has 3 N–H and O–H groups in total. The largest absolute Gasteiger partial charge is 0.482 e. The van der Waals surface area contributed by atoms with Gasteiger partial charge in [-0.1, -0.05) is 18.2 Å². The third-order valence-corrected chi connectivity index (χ3v) is 6.04. The number of quaternary nitrogens is 1. The maximum absolute atomic E-state index is 13.8. The summed E-state index contributed by atoms with van der Waals surface area (Å²) in [7, 11) is 0. The number of amidine groups is 1. The van der Waals surface area contributed by atoms with Crippen LogP contribution in [0.2, 0.25) is 0 Å². The molecule has 2 aromatic carbocycles. The third kappa shape index (κ3) is 3.01. The van der Waals surface area contributed by atoms with Gasteiger partial charge in [-0.15, -0.1) is 5.43 Å². The molecule has 0 spiro atoms. The molecule has 3 atom stereocenters. The topological polar surface area (TPSA) is 67.2 Å². The number of aliphatic imine (C=N–C) groups is 1. The van der Waals surface area contributed by atoms with Gasteiger partial charge in [0.2, 0.25) is 0 Å². The van der Waals surface area contributed by atoms with Gasteiger partial charge in [-0.25, -0.2) is 4.39 Å². The number of thioether (sulfide) groups is 1. The molecule has 3 aliphatic heterocycles. The molecule has 2 aromatic rings. The molecular weight excluding hydrogens is 367 g/mol. The quantitative estimate of drug-likeness (QED) is 0.741. The van der Waals surface area contributed by atoms with Gasteiger partial charge in [0, 0.05) is 0 Å². The van der Waals surface area contributed by atoms with Crippen molar-refractivity contribution in [2.45, 2.75) is 11.3 Å². The van der Waals surface area contributed by atoms with Crippen LogP contribution in [0.25, 0.3) is 0 Å². The van der Waals surface area contributed by atoms with Gasteiger partial charge in [0.15, 0.2) is 6.61 Å². The number of benzene rings is 2. The summed E-state index contributed by atoms with van der Waals surface area (Å²) >= 11 is 1.63. The van der Waals surface area contributed by atoms with Crippen LogP contribution in [0, 0.1) is 5.82 Å². The number of carbonyl (C=O) groups excluding carboxylic acids is 1. The van der Waals surface area contributed by atoms with Crippen LogP contribution >= 0.6 is 11.8 Å².